The number of carbonyl (C=O) groups excluding carboxylic acids is 1. The zero-order chi connectivity index (χ0) is 23.6. The lowest BCUT2D eigenvalue weighted by molar-refractivity contribution is -0.119. The predicted octanol–water partition coefficient (Wildman–Crippen LogP) is 2.78. The van der Waals surface area contributed by atoms with Gasteiger partial charge in [0.2, 0.25) is 5.91 Å². The van der Waals surface area contributed by atoms with Crippen LogP contribution in [0.2, 0.25) is 0 Å². The van der Waals surface area contributed by atoms with Crippen molar-refractivity contribution < 1.29 is 17.9 Å². The second-order valence-corrected chi connectivity index (χ2v) is 10.4. The third-order valence-electron chi connectivity index (χ3n) is 5.62. The maximum atomic E-state index is 12.0. The van der Waals surface area contributed by atoms with E-state index in [1.165, 1.54) is 13.2 Å². The molecule has 1 aliphatic rings. The molecule has 1 amide bonds. The SMILES string of the molecule is CC(=O)NCCOCCNc1cnc(-c2ccc(S(C)(=O)=O)c(C)c2)c2c(C3CC3)n[nH]c12. The smallest absolute Gasteiger partial charge is 0.216 e. The summed E-state index contributed by atoms with van der Waals surface area (Å²) in [7, 11) is -3.29. The van der Waals surface area contributed by atoms with Crippen LogP contribution in [0.3, 0.4) is 0 Å². The lowest BCUT2D eigenvalue weighted by atomic mass is 10.0. The Hall–Kier alpha value is -2.98. The number of sulfone groups is 1. The molecule has 0 saturated heterocycles. The number of carbonyl (C=O) groups is 1. The van der Waals surface area contributed by atoms with Gasteiger partial charge in [0.25, 0.3) is 0 Å². The van der Waals surface area contributed by atoms with Crippen LogP contribution in [-0.4, -0.2) is 62.1 Å². The Morgan fingerprint density at radius 3 is 2.67 bits per heavy atom. The number of fused-ring (bicyclic) bond motifs is 1. The number of nitrogens with zero attached hydrogens (tertiary/aromatic N) is 2. The second-order valence-electron chi connectivity index (χ2n) is 8.43. The average molecular weight is 472 g/mol. The van der Waals surface area contributed by atoms with E-state index < -0.39 is 9.84 Å². The van der Waals surface area contributed by atoms with Gasteiger partial charge in [-0.1, -0.05) is 6.07 Å². The molecular weight excluding hydrogens is 442 g/mol. The van der Waals surface area contributed by atoms with E-state index in [0.29, 0.717) is 42.7 Å². The summed E-state index contributed by atoms with van der Waals surface area (Å²) in [4.78, 5) is 16.0. The van der Waals surface area contributed by atoms with Gasteiger partial charge in [0, 0.05) is 37.8 Å². The maximum absolute atomic E-state index is 12.0. The Balaban J connectivity index is 1.57. The normalized spacial score (nSPS) is 13.9. The number of aromatic nitrogens is 3. The van der Waals surface area contributed by atoms with E-state index in [1.807, 2.05) is 12.1 Å². The molecular formula is C23H29N5O4S. The minimum Gasteiger partial charge on any atom is -0.380 e. The first-order valence-corrected chi connectivity index (χ1v) is 12.9. The third-order valence-corrected chi connectivity index (χ3v) is 6.87. The van der Waals surface area contributed by atoms with Crippen molar-refractivity contribution in [3.05, 3.63) is 35.7 Å². The van der Waals surface area contributed by atoms with Crippen LogP contribution in [0, 0.1) is 6.92 Å². The molecule has 0 aliphatic heterocycles. The molecule has 4 rings (SSSR count). The number of H-pyrrole nitrogens is 1. The van der Waals surface area contributed by atoms with Crippen LogP contribution in [0.25, 0.3) is 22.2 Å². The number of rotatable bonds is 10. The first-order valence-electron chi connectivity index (χ1n) is 11.0. The van der Waals surface area contributed by atoms with Crippen LogP contribution in [0.1, 0.15) is 36.9 Å². The summed E-state index contributed by atoms with van der Waals surface area (Å²) in [6, 6.07) is 5.33. The quantitative estimate of drug-likeness (QED) is 0.388. The zero-order valence-corrected chi connectivity index (χ0v) is 19.9. The van der Waals surface area contributed by atoms with Crippen LogP contribution in [0.5, 0.6) is 0 Å². The number of nitrogens with one attached hydrogen (secondary N) is 3. The highest BCUT2D eigenvalue weighted by atomic mass is 32.2. The van der Waals surface area contributed by atoms with Crippen molar-refractivity contribution in [1.29, 1.82) is 0 Å². The zero-order valence-electron chi connectivity index (χ0n) is 19.1. The first kappa shape index (κ1) is 23.2. The molecule has 3 N–H and O–H groups in total. The van der Waals surface area contributed by atoms with Crippen molar-refractivity contribution in [1.82, 2.24) is 20.5 Å². The van der Waals surface area contributed by atoms with Crippen LogP contribution < -0.4 is 10.6 Å². The topological polar surface area (TPSA) is 126 Å². The highest BCUT2D eigenvalue weighted by molar-refractivity contribution is 7.90. The summed E-state index contributed by atoms with van der Waals surface area (Å²) in [5.74, 6) is 0.347. The number of pyridine rings is 1. The number of benzene rings is 1. The molecule has 0 bridgehead atoms. The molecule has 1 fully saturated rings. The minimum absolute atomic E-state index is 0.0721. The van der Waals surface area contributed by atoms with E-state index in [1.54, 1.807) is 19.2 Å². The predicted molar refractivity (Wildman–Crippen MR) is 127 cm³/mol. The van der Waals surface area contributed by atoms with Gasteiger partial charge in [-0.3, -0.25) is 14.9 Å². The Labute approximate surface area is 193 Å². The molecule has 0 radical (unpaired) electrons. The molecule has 2 heterocycles. The molecule has 0 unspecified atom stereocenters. The Morgan fingerprint density at radius 2 is 2.00 bits per heavy atom. The summed E-state index contributed by atoms with van der Waals surface area (Å²) in [5, 5.41) is 14.8. The monoisotopic (exact) mass is 471 g/mol. The lowest BCUT2D eigenvalue weighted by Gasteiger charge is -2.12. The Kier molecular flexibility index (Phi) is 6.66. The van der Waals surface area contributed by atoms with Crippen molar-refractivity contribution in [3.63, 3.8) is 0 Å². The summed E-state index contributed by atoms with van der Waals surface area (Å²) < 4.78 is 29.6. The molecule has 1 aromatic carbocycles. The summed E-state index contributed by atoms with van der Waals surface area (Å²) >= 11 is 0. The highest BCUT2D eigenvalue weighted by Crippen LogP contribution is 2.45. The summed E-state index contributed by atoms with van der Waals surface area (Å²) in [5.41, 5.74) is 5.07. The van der Waals surface area contributed by atoms with Crippen LogP contribution in [0.4, 0.5) is 5.69 Å². The van der Waals surface area contributed by atoms with Gasteiger partial charge in [-0.2, -0.15) is 5.10 Å². The first-order chi connectivity index (χ1) is 15.8. The van der Waals surface area contributed by atoms with Crippen molar-refractivity contribution in [2.45, 2.75) is 37.5 Å². The van der Waals surface area contributed by atoms with Gasteiger partial charge in [0.05, 0.1) is 52.3 Å². The van der Waals surface area contributed by atoms with Gasteiger partial charge in [-0.15, -0.1) is 0 Å². The van der Waals surface area contributed by atoms with Gasteiger partial charge in [0.1, 0.15) is 0 Å². The summed E-state index contributed by atoms with van der Waals surface area (Å²) in [6.07, 6.45) is 5.19. The fraction of sp³-hybridized carbons (Fsp3) is 0.435. The van der Waals surface area contributed by atoms with Gasteiger partial charge in [0.15, 0.2) is 9.84 Å². The third kappa shape index (κ3) is 5.33. The number of hydrogen-bond donors (Lipinski definition) is 3. The molecule has 10 heteroatoms. The van der Waals surface area contributed by atoms with E-state index in [2.05, 4.69) is 20.8 Å². The molecule has 3 aromatic rings. The number of hydrogen-bond acceptors (Lipinski definition) is 7. The van der Waals surface area contributed by atoms with E-state index >= 15 is 0 Å². The van der Waals surface area contributed by atoms with Crippen molar-refractivity contribution in [2.24, 2.45) is 0 Å². The van der Waals surface area contributed by atoms with Crippen molar-refractivity contribution in [3.8, 4) is 11.3 Å². The average Bonchev–Trinajstić information content (AvgIpc) is 3.50. The number of aromatic amines is 1. The molecule has 9 nitrogen and oxygen atoms in total. The van der Waals surface area contributed by atoms with Crippen molar-refractivity contribution in [2.75, 3.05) is 37.9 Å². The Morgan fingerprint density at radius 1 is 1.24 bits per heavy atom. The maximum Gasteiger partial charge on any atom is 0.216 e. The van der Waals surface area contributed by atoms with Gasteiger partial charge in [-0.25, -0.2) is 8.42 Å². The van der Waals surface area contributed by atoms with E-state index in [9.17, 15) is 13.2 Å². The molecule has 1 saturated carbocycles. The molecule has 0 spiro atoms. The van der Waals surface area contributed by atoms with E-state index in [-0.39, 0.29) is 5.91 Å². The standard InChI is InChI=1S/C23H29N5O4S/c1-14-12-17(6-7-19(14)33(3,30)31)21-20-22(16-4-5-16)27-28-23(20)18(13-26-21)25-9-11-32-10-8-24-15(2)29/h6-7,12-13,16,25H,4-5,8-11H2,1-3H3,(H,24,29)(H,27,28). The van der Waals surface area contributed by atoms with Gasteiger partial charge < -0.3 is 15.4 Å². The van der Waals surface area contributed by atoms with Crippen molar-refractivity contribution >= 4 is 32.3 Å². The number of aryl methyl sites for hydroxylation is 1. The van der Waals surface area contributed by atoms with E-state index in [0.717, 1.165) is 46.4 Å². The fourth-order valence-electron chi connectivity index (χ4n) is 3.93. The highest BCUT2D eigenvalue weighted by Gasteiger charge is 2.30. The van der Waals surface area contributed by atoms with Gasteiger partial charge >= 0.3 is 0 Å². The van der Waals surface area contributed by atoms with Crippen LogP contribution in [0.15, 0.2) is 29.3 Å². The largest absolute Gasteiger partial charge is 0.380 e. The molecule has 176 valence electrons. The minimum atomic E-state index is -3.29. The van der Waals surface area contributed by atoms with Crippen LogP contribution in [-0.2, 0) is 19.4 Å². The molecule has 0 atom stereocenters. The second kappa shape index (κ2) is 9.48. The van der Waals surface area contributed by atoms with Crippen LogP contribution >= 0.6 is 0 Å². The molecule has 1 aliphatic carbocycles. The summed E-state index contributed by atoms with van der Waals surface area (Å²) in [6.45, 7) is 5.28. The number of anilines is 1. The van der Waals surface area contributed by atoms with E-state index in [4.69, 9.17) is 9.72 Å². The van der Waals surface area contributed by atoms with Gasteiger partial charge in [-0.05, 0) is 37.5 Å². The fourth-order valence-corrected chi connectivity index (χ4v) is 4.88. The number of ether oxygens (including phenoxy) is 1. The molecule has 2 aromatic heterocycles. The lowest BCUT2D eigenvalue weighted by Crippen LogP contribution is -2.25. The Bertz CT molecular complexity index is 1280. The number of amides is 1. The molecule has 33 heavy (non-hydrogen) atoms.